The van der Waals surface area contributed by atoms with Gasteiger partial charge in [-0.25, -0.2) is 4.79 Å². The lowest BCUT2D eigenvalue weighted by Crippen LogP contribution is -2.30. The zero-order valence-corrected chi connectivity index (χ0v) is 21.6. The Labute approximate surface area is 217 Å². The van der Waals surface area contributed by atoms with E-state index in [-0.39, 0.29) is 18.1 Å². The monoisotopic (exact) mass is 546 g/mol. The Bertz CT molecular complexity index is 1390. The highest BCUT2D eigenvalue weighted by Gasteiger charge is 2.42. The Hall–Kier alpha value is -3.49. The van der Waals surface area contributed by atoms with Crippen LogP contribution in [0.4, 0.5) is 5.69 Å². The predicted molar refractivity (Wildman–Crippen MR) is 144 cm³/mol. The van der Waals surface area contributed by atoms with Crippen LogP contribution in [0.2, 0.25) is 0 Å². The van der Waals surface area contributed by atoms with Crippen LogP contribution in [0.5, 0.6) is 0 Å². The third kappa shape index (κ3) is 4.35. The number of carbonyl (C=O) groups excluding carboxylic acids is 1. The van der Waals surface area contributed by atoms with Gasteiger partial charge in [-0.3, -0.25) is 4.98 Å². The van der Waals surface area contributed by atoms with Crippen LogP contribution in [0.3, 0.4) is 0 Å². The van der Waals surface area contributed by atoms with Crippen molar-refractivity contribution in [2.45, 2.75) is 19.0 Å². The number of nitrogens with zero attached hydrogens (tertiary/aromatic N) is 3. The van der Waals surface area contributed by atoms with Crippen molar-refractivity contribution >= 4 is 44.9 Å². The number of esters is 1. The van der Waals surface area contributed by atoms with Crippen LogP contribution < -0.4 is 10.2 Å². The van der Waals surface area contributed by atoms with Gasteiger partial charge in [-0.2, -0.15) is 0 Å². The number of hydrogen-bond acceptors (Lipinski definition) is 4. The fourth-order valence-electron chi connectivity index (χ4n) is 4.46. The van der Waals surface area contributed by atoms with E-state index in [4.69, 9.17) is 17.0 Å². The van der Waals surface area contributed by atoms with Gasteiger partial charge >= 0.3 is 5.97 Å². The molecule has 0 unspecified atom stereocenters. The normalized spacial score (nSPS) is 17.3. The lowest BCUT2D eigenvalue weighted by Gasteiger charge is -2.29. The largest absolute Gasteiger partial charge is 0.465 e. The molecule has 0 bridgehead atoms. The highest BCUT2D eigenvalue weighted by atomic mass is 79.9. The average Bonchev–Trinajstić information content (AvgIpc) is 3.50. The number of aryl methyl sites for hydroxylation is 1. The maximum absolute atomic E-state index is 11.9. The van der Waals surface area contributed by atoms with E-state index in [1.165, 1.54) is 7.11 Å². The fraction of sp³-hybridized carbons (Fsp3) is 0.148. The zero-order valence-electron chi connectivity index (χ0n) is 19.2. The van der Waals surface area contributed by atoms with E-state index in [1.807, 2.05) is 48.7 Å². The Morgan fingerprint density at radius 3 is 2.51 bits per heavy atom. The average molecular weight is 547 g/mol. The van der Waals surface area contributed by atoms with Crippen molar-refractivity contribution in [1.82, 2.24) is 14.9 Å². The van der Waals surface area contributed by atoms with Crippen molar-refractivity contribution in [1.29, 1.82) is 0 Å². The minimum atomic E-state index is -0.360. The topological polar surface area (TPSA) is 59.4 Å². The molecule has 2 aromatic carbocycles. The molecular weight excluding hydrogens is 524 g/mol. The fourth-order valence-corrected chi connectivity index (χ4v) is 5.05. The molecule has 2 atom stereocenters. The molecule has 0 saturated carbocycles. The molecule has 8 heteroatoms. The summed E-state index contributed by atoms with van der Waals surface area (Å²) in [6.07, 6.45) is 3.82. The van der Waals surface area contributed by atoms with Gasteiger partial charge in [0.15, 0.2) is 5.11 Å². The number of nitrogens with one attached hydrogen (secondary N) is 1. The van der Waals surface area contributed by atoms with Crippen molar-refractivity contribution in [3.63, 3.8) is 0 Å². The molecule has 2 aromatic heterocycles. The number of carbonyl (C=O) groups is 1. The van der Waals surface area contributed by atoms with Gasteiger partial charge in [0.2, 0.25) is 0 Å². The highest BCUT2D eigenvalue weighted by Crippen LogP contribution is 2.42. The molecular formula is C27H23BrN4O2S. The number of benzene rings is 2. The molecule has 0 spiro atoms. The van der Waals surface area contributed by atoms with Gasteiger partial charge in [-0.05, 0) is 91.4 Å². The lowest BCUT2D eigenvalue weighted by atomic mass is 10.0. The Morgan fingerprint density at radius 2 is 1.83 bits per heavy atom. The maximum atomic E-state index is 11.9. The van der Waals surface area contributed by atoms with E-state index < -0.39 is 0 Å². The summed E-state index contributed by atoms with van der Waals surface area (Å²) in [6, 6.07) is 23.3. The van der Waals surface area contributed by atoms with Crippen LogP contribution in [0.15, 0.2) is 89.7 Å². The van der Waals surface area contributed by atoms with Crippen LogP contribution in [0.1, 0.15) is 39.4 Å². The van der Waals surface area contributed by atoms with Crippen LogP contribution in [0, 0.1) is 6.92 Å². The molecule has 1 aliphatic heterocycles. The van der Waals surface area contributed by atoms with Crippen LogP contribution in [-0.4, -0.2) is 27.7 Å². The van der Waals surface area contributed by atoms with Gasteiger partial charge in [-0.15, -0.1) is 0 Å². The number of pyridine rings is 1. The van der Waals surface area contributed by atoms with Crippen molar-refractivity contribution in [2.24, 2.45) is 0 Å². The molecule has 0 aliphatic carbocycles. The minimum Gasteiger partial charge on any atom is -0.465 e. The molecule has 5 rings (SSSR count). The number of thiocarbonyl (C=S) groups is 1. The smallest absolute Gasteiger partial charge is 0.337 e. The first kappa shape index (κ1) is 23.3. The molecule has 1 aliphatic rings. The van der Waals surface area contributed by atoms with Gasteiger partial charge in [0.25, 0.3) is 0 Å². The molecule has 1 fully saturated rings. The molecule has 6 nitrogen and oxygen atoms in total. The molecule has 35 heavy (non-hydrogen) atoms. The summed E-state index contributed by atoms with van der Waals surface area (Å²) in [5, 5.41) is 4.15. The van der Waals surface area contributed by atoms with Gasteiger partial charge < -0.3 is 19.5 Å². The van der Waals surface area contributed by atoms with E-state index in [0.29, 0.717) is 10.7 Å². The summed E-state index contributed by atoms with van der Waals surface area (Å²) in [7, 11) is 1.38. The number of anilines is 1. The summed E-state index contributed by atoms with van der Waals surface area (Å²) in [5.41, 5.74) is 5.51. The first-order chi connectivity index (χ1) is 17.0. The Kier molecular flexibility index (Phi) is 6.40. The van der Waals surface area contributed by atoms with Crippen LogP contribution >= 0.6 is 28.1 Å². The summed E-state index contributed by atoms with van der Waals surface area (Å²) in [4.78, 5) is 18.7. The molecule has 0 radical (unpaired) electrons. The second kappa shape index (κ2) is 9.64. The molecule has 3 heterocycles. The number of rotatable bonds is 5. The quantitative estimate of drug-likeness (QED) is 0.248. The molecule has 0 amide bonds. The maximum Gasteiger partial charge on any atom is 0.337 e. The number of halogens is 1. The number of ether oxygens (including phenoxy) is 1. The first-order valence-corrected chi connectivity index (χ1v) is 12.3. The number of hydrogen-bond donors (Lipinski definition) is 1. The number of aromatic nitrogens is 2. The zero-order chi connectivity index (χ0) is 24.5. The van der Waals surface area contributed by atoms with Crippen molar-refractivity contribution in [2.75, 3.05) is 12.0 Å². The summed E-state index contributed by atoms with van der Waals surface area (Å²) in [5.74, 6) is -0.360. The van der Waals surface area contributed by atoms with E-state index in [2.05, 4.69) is 60.8 Å². The van der Waals surface area contributed by atoms with Crippen molar-refractivity contribution in [3.05, 3.63) is 112 Å². The van der Waals surface area contributed by atoms with E-state index in [0.717, 1.165) is 32.8 Å². The van der Waals surface area contributed by atoms with Crippen LogP contribution in [-0.2, 0) is 4.74 Å². The molecule has 4 aromatic rings. The van der Waals surface area contributed by atoms with Crippen molar-refractivity contribution in [3.8, 4) is 5.69 Å². The Balaban J connectivity index is 1.63. The summed E-state index contributed by atoms with van der Waals surface area (Å²) < 4.78 is 8.01. The van der Waals surface area contributed by atoms with Crippen LogP contribution in [0.25, 0.3) is 5.69 Å². The molecule has 176 valence electrons. The van der Waals surface area contributed by atoms with Gasteiger partial charge in [0.1, 0.15) is 6.04 Å². The Morgan fingerprint density at radius 1 is 1.06 bits per heavy atom. The second-order valence-corrected chi connectivity index (χ2v) is 9.51. The summed E-state index contributed by atoms with van der Waals surface area (Å²) in [6.45, 7) is 2.07. The third-order valence-corrected chi connectivity index (χ3v) is 7.37. The molecule has 1 N–H and O–H groups in total. The molecule has 1 saturated heterocycles. The first-order valence-electron chi connectivity index (χ1n) is 11.1. The van der Waals surface area contributed by atoms with Crippen molar-refractivity contribution < 1.29 is 9.53 Å². The van der Waals surface area contributed by atoms with Gasteiger partial charge in [-0.1, -0.05) is 22.0 Å². The minimum absolute atomic E-state index is 0.157. The third-order valence-electron chi connectivity index (χ3n) is 6.17. The predicted octanol–water partition coefficient (Wildman–Crippen LogP) is 5.91. The van der Waals surface area contributed by atoms with Gasteiger partial charge in [0.05, 0.1) is 24.4 Å². The SMILES string of the molecule is COC(=O)c1ccc(-n2cccc2[C@H]2[C@H](c3ccccn3)NC(=S)N2c2ccc(Br)c(C)c2)cc1. The highest BCUT2D eigenvalue weighted by molar-refractivity contribution is 9.10. The van der Waals surface area contributed by atoms with E-state index in [9.17, 15) is 4.79 Å². The second-order valence-electron chi connectivity index (χ2n) is 8.27. The number of methoxy groups -OCH3 is 1. The lowest BCUT2D eigenvalue weighted by molar-refractivity contribution is 0.0600. The standard InChI is InChI=1S/C27H23BrN4O2S/c1-17-16-20(12-13-21(17)28)32-25(24(30-27(32)35)22-6-3-4-14-29-22)23-7-5-15-31(23)19-10-8-18(9-11-19)26(33)34-2/h3-16,24-25H,1-2H3,(H,30,35)/t24-,25-/m0/s1. The van der Waals surface area contributed by atoms with E-state index in [1.54, 1.807) is 18.3 Å². The summed E-state index contributed by atoms with van der Waals surface area (Å²) >= 11 is 9.47. The van der Waals surface area contributed by atoms with E-state index >= 15 is 0 Å². The van der Waals surface area contributed by atoms with Gasteiger partial charge in [0, 0.05) is 33.9 Å².